The molecule has 1 saturated carbocycles. The summed E-state index contributed by atoms with van der Waals surface area (Å²) in [6.07, 6.45) is 4.55. The topological polar surface area (TPSA) is 46.6 Å². The number of aryl methyl sites for hydroxylation is 1. The molecule has 0 unspecified atom stereocenters. The molecule has 1 aromatic rings. The van der Waals surface area contributed by atoms with Crippen molar-refractivity contribution in [3.63, 3.8) is 0 Å². The van der Waals surface area contributed by atoms with Crippen molar-refractivity contribution in [2.24, 2.45) is 0 Å². The summed E-state index contributed by atoms with van der Waals surface area (Å²) in [7, 11) is 1.37. The Kier molecular flexibility index (Phi) is 6.25. The van der Waals surface area contributed by atoms with Crippen molar-refractivity contribution in [1.29, 1.82) is 0 Å². The van der Waals surface area contributed by atoms with Crippen LogP contribution >= 0.6 is 11.6 Å². The quantitative estimate of drug-likeness (QED) is 0.690. The van der Waals surface area contributed by atoms with Crippen LogP contribution in [0.2, 0.25) is 5.02 Å². The van der Waals surface area contributed by atoms with E-state index in [-0.39, 0.29) is 18.3 Å². The number of amides is 1. The van der Waals surface area contributed by atoms with Crippen LogP contribution in [0, 0.1) is 0 Å². The van der Waals surface area contributed by atoms with Gasteiger partial charge >= 0.3 is 5.97 Å². The third-order valence-corrected chi connectivity index (χ3v) is 4.11. The van der Waals surface area contributed by atoms with E-state index in [9.17, 15) is 9.59 Å². The van der Waals surface area contributed by atoms with Crippen LogP contribution in [0.3, 0.4) is 0 Å². The molecule has 1 aromatic carbocycles. The van der Waals surface area contributed by atoms with Crippen LogP contribution in [0.15, 0.2) is 24.3 Å². The molecule has 0 bridgehead atoms. The molecule has 4 nitrogen and oxygen atoms in total. The molecule has 120 valence electrons. The minimum Gasteiger partial charge on any atom is -0.469 e. The molecule has 5 heteroatoms. The van der Waals surface area contributed by atoms with E-state index in [1.807, 2.05) is 29.2 Å². The van der Waals surface area contributed by atoms with Crippen LogP contribution in [-0.4, -0.2) is 36.5 Å². The van der Waals surface area contributed by atoms with Crippen molar-refractivity contribution in [3.8, 4) is 0 Å². The first-order valence-corrected chi connectivity index (χ1v) is 8.08. The zero-order chi connectivity index (χ0) is 15.9. The van der Waals surface area contributed by atoms with Crippen LogP contribution in [-0.2, 0) is 20.7 Å². The van der Waals surface area contributed by atoms with Crippen molar-refractivity contribution >= 4 is 23.5 Å². The minimum absolute atomic E-state index is 0.139. The second kappa shape index (κ2) is 8.18. The summed E-state index contributed by atoms with van der Waals surface area (Å²) >= 11 is 5.85. The van der Waals surface area contributed by atoms with Gasteiger partial charge in [0.25, 0.3) is 0 Å². The lowest BCUT2D eigenvalue weighted by molar-refractivity contribution is -0.141. The third kappa shape index (κ3) is 5.34. The second-order valence-electron chi connectivity index (χ2n) is 5.62. The first kappa shape index (κ1) is 16.8. The summed E-state index contributed by atoms with van der Waals surface area (Å²) in [5.74, 6) is -0.125. The predicted molar refractivity (Wildman–Crippen MR) is 85.8 cm³/mol. The fourth-order valence-corrected chi connectivity index (χ4v) is 2.58. The Morgan fingerprint density at radius 3 is 2.50 bits per heavy atom. The lowest BCUT2D eigenvalue weighted by atomic mass is 10.1. The van der Waals surface area contributed by atoms with Crippen molar-refractivity contribution in [2.75, 3.05) is 13.7 Å². The van der Waals surface area contributed by atoms with E-state index in [0.717, 1.165) is 30.7 Å². The first-order chi connectivity index (χ1) is 10.6. The number of halogens is 1. The molecule has 1 amide bonds. The molecule has 0 spiro atoms. The van der Waals surface area contributed by atoms with Gasteiger partial charge in [-0.25, -0.2) is 0 Å². The molecule has 0 aliphatic heterocycles. The maximum absolute atomic E-state index is 12.3. The van der Waals surface area contributed by atoms with Crippen molar-refractivity contribution in [3.05, 3.63) is 34.9 Å². The summed E-state index contributed by atoms with van der Waals surface area (Å²) in [5.41, 5.74) is 1.18. The molecular weight excluding hydrogens is 302 g/mol. The molecule has 1 aliphatic carbocycles. The van der Waals surface area contributed by atoms with Crippen molar-refractivity contribution < 1.29 is 14.3 Å². The highest BCUT2D eigenvalue weighted by Gasteiger charge is 2.32. The smallest absolute Gasteiger partial charge is 0.307 e. The fourth-order valence-electron chi connectivity index (χ4n) is 2.45. The lowest BCUT2D eigenvalue weighted by Gasteiger charge is -2.22. The number of carbonyl (C=O) groups is 2. The maximum Gasteiger partial charge on any atom is 0.307 e. The average molecular weight is 324 g/mol. The number of hydrogen-bond acceptors (Lipinski definition) is 3. The molecule has 0 atom stereocenters. The van der Waals surface area contributed by atoms with E-state index < -0.39 is 0 Å². The Morgan fingerprint density at radius 1 is 1.23 bits per heavy atom. The molecule has 0 aromatic heterocycles. The Bertz CT molecular complexity index is 511. The molecule has 0 saturated heterocycles. The number of nitrogens with zero attached hydrogens (tertiary/aromatic N) is 1. The van der Waals surface area contributed by atoms with Crippen LogP contribution in [0.1, 0.15) is 37.7 Å². The van der Waals surface area contributed by atoms with Gasteiger partial charge in [0.15, 0.2) is 0 Å². The Morgan fingerprint density at radius 2 is 1.91 bits per heavy atom. The Balaban J connectivity index is 1.76. The monoisotopic (exact) mass is 323 g/mol. The summed E-state index contributed by atoms with van der Waals surface area (Å²) in [5, 5.41) is 0.725. The molecule has 22 heavy (non-hydrogen) atoms. The number of rotatable bonds is 8. The van der Waals surface area contributed by atoms with Crippen LogP contribution in [0.4, 0.5) is 0 Å². The van der Waals surface area contributed by atoms with Gasteiger partial charge in [-0.2, -0.15) is 0 Å². The Labute approximate surface area is 136 Å². The molecule has 1 fully saturated rings. The van der Waals surface area contributed by atoms with Gasteiger partial charge in [0, 0.05) is 24.0 Å². The van der Waals surface area contributed by atoms with Gasteiger partial charge in [-0.15, -0.1) is 0 Å². The number of esters is 1. The SMILES string of the molecule is COC(=O)CCN(C(=O)CCCc1ccc(Cl)cc1)C1CC1. The number of methoxy groups -OCH3 is 1. The highest BCUT2D eigenvalue weighted by molar-refractivity contribution is 6.30. The van der Waals surface area contributed by atoms with Crippen LogP contribution in [0.25, 0.3) is 0 Å². The molecule has 2 rings (SSSR count). The van der Waals surface area contributed by atoms with E-state index in [1.54, 1.807) is 0 Å². The number of ether oxygens (including phenoxy) is 1. The largest absolute Gasteiger partial charge is 0.469 e. The minimum atomic E-state index is -0.264. The molecule has 1 aliphatic rings. The highest BCUT2D eigenvalue weighted by Crippen LogP contribution is 2.28. The van der Waals surface area contributed by atoms with Gasteiger partial charge in [0.05, 0.1) is 13.5 Å². The zero-order valence-corrected chi connectivity index (χ0v) is 13.6. The highest BCUT2D eigenvalue weighted by atomic mass is 35.5. The van der Waals surface area contributed by atoms with Gasteiger partial charge in [-0.05, 0) is 43.4 Å². The van der Waals surface area contributed by atoms with Gasteiger partial charge in [0.1, 0.15) is 0 Å². The normalized spacial score (nSPS) is 13.7. The van der Waals surface area contributed by atoms with E-state index >= 15 is 0 Å². The molecule has 0 radical (unpaired) electrons. The first-order valence-electron chi connectivity index (χ1n) is 7.71. The number of hydrogen-bond donors (Lipinski definition) is 0. The fraction of sp³-hybridized carbons (Fsp3) is 0.529. The van der Waals surface area contributed by atoms with Crippen molar-refractivity contribution in [1.82, 2.24) is 4.90 Å². The average Bonchev–Trinajstić information content (AvgIpc) is 3.34. The summed E-state index contributed by atoms with van der Waals surface area (Å²) in [4.78, 5) is 25.4. The third-order valence-electron chi connectivity index (χ3n) is 3.86. The maximum atomic E-state index is 12.3. The molecule has 0 heterocycles. The van der Waals surface area contributed by atoms with Crippen molar-refractivity contribution in [2.45, 2.75) is 44.6 Å². The van der Waals surface area contributed by atoms with E-state index in [0.29, 0.717) is 19.0 Å². The van der Waals surface area contributed by atoms with Crippen LogP contribution < -0.4 is 0 Å². The van der Waals surface area contributed by atoms with Gasteiger partial charge in [0.2, 0.25) is 5.91 Å². The summed E-state index contributed by atoms with van der Waals surface area (Å²) in [6, 6.07) is 8.04. The van der Waals surface area contributed by atoms with Gasteiger partial charge in [-0.3, -0.25) is 9.59 Å². The van der Waals surface area contributed by atoms with E-state index in [2.05, 4.69) is 4.74 Å². The second-order valence-corrected chi connectivity index (χ2v) is 6.06. The summed E-state index contributed by atoms with van der Waals surface area (Å²) in [6.45, 7) is 0.469. The molecule has 0 N–H and O–H groups in total. The van der Waals surface area contributed by atoms with E-state index in [4.69, 9.17) is 11.6 Å². The number of benzene rings is 1. The summed E-state index contributed by atoms with van der Waals surface area (Å²) < 4.78 is 4.64. The predicted octanol–water partition coefficient (Wildman–Crippen LogP) is 3.22. The Hall–Kier alpha value is -1.55. The lowest BCUT2D eigenvalue weighted by Crippen LogP contribution is -2.35. The van der Waals surface area contributed by atoms with E-state index in [1.165, 1.54) is 12.7 Å². The number of carbonyl (C=O) groups excluding carboxylic acids is 2. The van der Waals surface area contributed by atoms with Gasteiger partial charge in [-0.1, -0.05) is 23.7 Å². The standard InChI is InChI=1S/C17H22ClNO3/c1-22-17(21)11-12-19(15-9-10-15)16(20)4-2-3-13-5-7-14(18)8-6-13/h5-8,15H,2-4,9-12H2,1H3. The zero-order valence-electron chi connectivity index (χ0n) is 12.9. The van der Waals surface area contributed by atoms with Gasteiger partial charge < -0.3 is 9.64 Å². The van der Waals surface area contributed by atoms with Crippen LogP contribution in [0.5, 0.6) is 0 Å². The molecular formula is C17H22ClNO3.